The van der Waals surface area contributed by atoms with Crippen LogP contribution in [0, 0.1) is 0 Å². The van der Waals surface area contributed by atoms with Gasteiger partial charge in [0.2, 0.25) is 0 Å². The topological polar surface area (TPSA) is 19.6 Å². The Morgan fingerprint density at radius 1 is 0.413 bits per heavy atom. The highest BCUT2D eigenvalue weighted by Gasteiger charge is 2.48. The molecule has 0 atom stereocenters. The van der Waals surface area contributed by atoms with Crippen molar-refractivity contribution in [1.82, 2.24) is 0 Å². The molecule has 4 heteroatoms. The standard InChI is InChI=1S/C42H25BN2O/c1-2-10-28(11-3-1)44-37-17-8-14-31-29-12-4-6-16-35(29)45-36-22-20-26(24-33(36)32-15-9-18-38(44)42(32)43(45)41(31)37)27-21-23-40-34(25-27)30-13-5-7-19-39(30)46-40/h1-25H. The average Bonchev–Trinajstić information content (AvgIpc) is 3.50. The van der Waals surface area contributed by atoms with Crippen LogP contribution in [-0.2, 0) is 0 Å². The number of hydrogen-bond acceptors (Lipinski definition) is 3. The molecule has 4 heterocycles. The summed E-state index contributed by atoms with van der Waals surface area (Å²) >= 11 is 0. The number of para-hydroxylation sites is 3. The molecule has 0 saturated heterocycles. The molecular formula is C42H25BN2O. The first kappa shape index (κ1) is 24.3. The predicted octanol–water partition coefficient (Wildman–Crippen LogP) is 9.94. The van der Waals surface area contributed by atoms with E-state index in [1.165, 1.54) is 72.7 Å². The first-order valence-electron chi connectivity index (χ1n) is 15.9. The van der Waals surface area contributed by atoms with Crippen molar-refractivity contribution in [2.45, 2.75) is 0 Å². The Balaban J connectivity index is 1.20. The summed E-state index contributed by atoms with van der Waals surface area (Å²) in [6.07, 6.45) is 0. The van der Waals surface area contributed by atoms with E-state index < -0.39 is 0 Å². The molecule has 11 rings (SSSR count). The molecule has 3 aliphatic heterocycles. The van der Waals surface area contributed by atoms with E-state index in [1.807, 2.05) is 12.1 Å². The van der Waals surface area contributed by atoms with Crippen molar-refractivity contribution in [3.63, 3.8) is 0 Å². The lowest BCUT2D eigenvalue weighted by molar-refractivity contribution is 0.669. The van der Waals surface area contributed by atoms with Gasteiger partial charge in [0.25, 0.3) is 0 Å². The molecule has 1 aromatic heterocycles. The molecule has 0 saturated carbocycles. The quantitative estimate of drug-likeness (QED) is 0.189. The van der Waals surface area contributed by atoms with Gasteiger partial charge in [-0.05, 0) is 93.8 Å². The number of nitrogens with zero attached hydrogens (tertiary/aromatic N) is 2. The lowest BCUT2D eigenvalue weighted by atomic mass is 9.41. The van der Waals surface area contributed by atoms with Crippen LogP contribution in [0.2, 0.25) is 0 Å². The molecule has 0 unspecified atom stereocenters. The van der Waals surface area contributed by atoms with Crippen LogP contribution in [0.15, 0.2) is 156 Å². The van der Waals surface area contributed by atoms with Gasteiger partial charge in [-0.3, -0.25) is 0 Å². The molecule has 0 bridgehead atoms. The summed E-state index contributed by atoms with van der Waals surface area (Å²) < 4.78 is 6.16. The largest absolute Gasteiger partial charge is 0.456 e. The third-order valence-electron chi connectivity index (χ3n) is 10.2. The number of anilines is 5. The van der Waals surface area contributed by atoms with E-state index in [0.717, 1.165) is 21.9 Å². The van der Waals surface area contributed by atoms with E-state index in [2.05, 4.69) is 149 Å². The minimum atomic E-state index is 0.0826. The Morgan fingerprint density at radius 3 is 1.87 bits per heavy atom. The van der Waals surface area contributed by atoms with Crippen LogP contribution in [0.25, 0.3) is 55.3 Å². The highest BCUT2D eigenvalue weighted by molar-refractivity contribution is 6.95. The Kier molecular flexibility index (Phi) is 4.66. The van der Waals surface area contributed by atoms with E-state index in [1.54, 1.807) is 0 Å². The van der Waals surface area contributed by atoms with E-state index in [9.17, 15) is 0 Å². The summed E-state index contributed by atoms with van der Waals surface area (Å²) in [7, 11) is 0. The van der Waals surface area contributed by atoms with E-state index in [4.69, 9.17) is 4.42 Å². The minimum Gasteiger partial charge on any atom is -0.456 e. The van der Waals surface area contributed by atoms with Gasteiger partial charge in [0.05, 0.1) is 0 Å². The first-order valence-corrected chi connectivity index (χ1v) is 15.9. The van der Waals surface area contributed by atoms with Gasteiger partial charge in [-0.2, -0.15) is 0 Å². The molecule has 0 aliphatic carbocycles. The van der Waals surface area contributed by atoms with Crippen molar-refractivity contribution in [3.05, 3.63) is 152 Å². The molecule has 46 heavy (non-hydrogen) atoms. The summed E-state index contributed by atoms with van der Waals surface area (Å²) in [6, 6.07) is 55.3. The normalized spacial score (nSPS) is 13.5. The lowest BCUT2D eigenvalue weighted by Crippen LogP contribution is -2.63. The van der Waals surface area contributed by atoms with Gasteiger partial charge in [-0.25, -0.2) is 0 Å². The van der Waals surface area contributed by atoms with E-state index >= 15 is 0 Å². The number of benzene rings is 7. The smallest absolute Gasteiger partial charge is 0.333 e. The van der Waals surface area contributed by atoms with Crippen LogP contribution >= 0.6 is 0 Å². The van der Waals surface area contributed by atoms with Crippen molar-refractivity contribution >= 4 is 68.1 Å². The van der Waals surface area contributed by atoms with Crippen LogP contribution in [0.3, 0.4) is 0 Å². The first-order chi connectivity index (χ1) is 22.8. The molecule has 7 aromatic carbocycles. The van der Waals surface area contributed by atoms with Crippen molar-refractivity contribution in [2.24, 2.45) is 0 Å². The predicted molar refractivity (Wildman–Crippen MR) is 192 cm³/mol. The van der Waals surface area contributed by atoms with Crippen LogP contribution in [0.5, 0.6) is 0 Å². The zero-order valence-electron chi connectivity index (χ0n) is 24.8. The highest BCUT2D eigenvalue weighted by atomic mass is 16.3. The zero-order valence-corrected chi connectivity index (χ0v) is 24.8. The van der Waals surface area contributed by atoms with E-state index in [0.29, 0.717) is 0 Å². The number of furan rings is 1. The van der Waals surface area contributed by atoms with Crippen LogP contribution in [0.4, 0.5) is 28.4 Å². The third-order valence-corrected chi connectivity index (χ3v) is 10.2. The molecule has 3 nitrogen and oxygen atoms in total. The molecule has 0 N–H and O–H groups in total. The van der Waals surface area contributed by atoms with Crippen molar-refractivity contribution in [2.75, 3.05) is 9.71 Å². The molecule has 212 valence electrons. The fourth-order valence-electron chi connectivity index (χ4n) is 8.29. The summed E-state index contributed by atoms with van der Waals surface area (Å²) in [4.78, 5) is 5.06. The second kappa shape index (κ2) is 8.80. The van der Waals surface area contributed by atoms with Gasteiger partial charge in [-0.15, -0.1) is 0 Å². The second-order valence-electron chi connectivity index (χ2n) is 12.5. The Labute approximate surface area is 266 Å². The van der Waals surface area contributed by atoms with Crippen molar-refractivity contribution in [1.29, 1.82) is 0 Å². The maximum absolute atomic E-state index is 6.16. The summed E-state index contributed by atoms with van der Waals surface area (Å²) in [5.41, 5.74) is 18.3. The third kappa shape index (κ3) is 3.08. The molecule has 0 fully saturated rings. The van der Waals surface area contributed by atoms with Crippen molar-refractivity contribution < 1.29 is 4.42 Å². The van der Waals surface area contributed by atoms with E-state index in [-0.39, 0.29) is 6.85 Å². The van der Waals surface area contributed by atoms with Crippen LogP contribution < -0.4 is 20.6 Å². The van der Waals surface area contributed by atoms with Gasteiger partial charge in [0.15, 0.2) is 0 Å². The average molecular weight is 584 g/mol. The van der Waals surface area contributed by atoms with Gasteiger partial charge in [0.1, 0.15) is 11.2 Å². The molecular weight excluding hydrogens is 559 g/mol. The molecule has 0 amide bonds. The monoisotopic (exact) mass is 584 g/mol. The lowest BCUT2D eigenvalue weighted by Gasteiger charge is -2.49. The Bertz CT molecular complexity index is 2570. The number of hydrogen-bond donors (Lipinski definition) is 0. The fraction of sp³-hybridized carbons (Fsp3) is 0. The summed E-state index contributed by atoms with van der Waals surface area (Å²) in [5.74, 6) is 0. The van der Waals surface area contributed by atoms with Gasteiger partial charge >= 0.3 is 6.85 Å². The Morgan fingerprint density at radius 2 is 1.02 bits per heavy atom. The van der Waals surface area contributed by atoms with Crippen molar-refractivity contribution in [3.8, 4) is 33.4 Å². The maximum Gasteiger partial charge on any atom is 0.333 e. The highest BCUT2D eigenvalue weighted by Crippen LogP contribution is 2.51. The zero-order chi connectivity index (χ0) is 29.9. The van der Waals surface area contributed by atoms with Gasteiger partial charge in [-0.1, -0.05) is 91.0 Å². The summed E-state index contributed by atoms with van der Waals surface area (Å²) in [5, 5.41) is 2.30. The van der Waals surface area contributed by atoms with Gasteiger partial charge in [0, 0.05) is 50.3 Å². The number of rotatable bonds is 2. The molecule has 0 spiro atoms. The maximum atomic E-state index is 6.16. The Hall–Kier alpha value is -6.00. The fourth-order valence-corrected chi connectivity index (χ4v) is 8.29. The van der Waals surface area contributed by atoms with Gasteiger partial charge < -0.3 is 14.1 Å². The molecule has 3 aliphatic rings. The number of fused-ring (bicyclic) bond motifs is 9. The second-order valence-corrected chi connectivity index (χ2v) is 12.5. The summed E-state index contributed by atoms with van der Waals surface area (Å²) in [6.45, 7) is 0.0826. The van der Waals surface area contributed by atoms with Crippen LogP contribution in [-0.4, -0.2) is 6.85 Å². The molecule has 0 radical (unpaired) electrons. The molecule has 8 aromatic rings. The SMILES string of the molecule is c1ccc(N2c3cccc4c3B3c5c(cccc52)-c2cc(-c5ccc6oc7ccccc7c6c5)ccc2N3c2ccccc2-4)cc1. The minimum absolute atomic E-state index is 0.0826. The van der Waals surface area contributed by atoms with Crippen LogP contribution in [0.1, 0.15) is 0 Å².